The summed E-state index contributed by atoms with van der Waals surface area (Å²) in [5.41, 5.74) is 4.51. The quantitative estimate of drug-likeness (QED) is 0.248. The van der Waals surface area contributed by atoms with Crippen molar-refractivity contribution in [2.75, 3.05) is 0 Å². The highest BCUT2D eigenvalue weighted by Gasteiger charge is 2.68. The fourth-order valence-electron chi connectivity index (χ4n) is 19.5. The predicted molar refractivity (Wildman–Crippen MR) is 238 cm³/mol. The van der Waals surface area contributed by atoms with Crippen LogP contribution in [-0.2, 0) is 11.2 Å². The predicted octanol–water partition coefficient (Wildman–Crippen LogP) is 13.2. The third-order valence-corrected chi connectivity index (χ3v) is 22.5. The first-order chi connectivity index (χ1) is 28.2. The molecule has 1 aromatic heterocycles. The summed E-state index contributed by atoms with van der Waals surface area (Å²) in [7, 11) is 0. The van der Waals surface area contributed by atoms with Crippen molar-refractivity contribution in [3.63, 3.8) is 0 Å². The molecular weight excluding hydrogens is 725 g/mol. The molecule has 1 heterocycles. The number of rotatable bonds is 8. The number of hydrogen-bond acceptors (Lipinski definition) is 3. The minimum absolute atomic E-state index is 0.0561. The van der Waals surface area contributed by atoms with Gasteiger partial charge in [-0.3, -0.25) is 4.79 Å². The Hall–Kier alpha value is -1.88. The van der Waals surface area contributed by atoms with E-state index in [1.165, 1.54) is 82.0 Å². The van der Waals surface area contributed by atoms with Gasteiger partial charge in [-0.2, -0.15) is 0 Å². The van der Waals surface area contributed by atoms with Gasteiger partial charge in [0.1, 0.15) is 5.82 Å². The van der Waals surface area contributed by atoms with Crippen LogP contribution in [0.3, 0.4) is 0 Å². The summed E-state index contributed by atoms with van der Waals surface area (Å²) in [5, 5.41) is 19.3. The second-order valence-corrected chi connectivity index (χ2v) is 24.5. The minimum atomic E-state index is -0.643. The van der Waals surface area contributed by atoms with Gasteiger partial charge in [0.05, 0.1) is 17.1 Å². The van der Waals surface area contributed by atoms with E-state index in [-0.39, 0.29) is 6.10 Å². The molecule has 11 rings (SSSR count). The molecule has 0 aliphatic heterocycles. The lowest BCUT2D eigenvalue weighted by Gasteiger charge is -2.61. The van der Waals surface area contributed by atoms with Crippen LogP contribution in [0.5, 0.6) is 0 Å². The van der Waals surface area contributed by atoms with Crippen molar-refractivity contribution in [1.29, 1.82) is 0 Å². The smallest absolute Gasteiger partial charge is 0.303 e. The van der Waals surface area contributed by atoms with E-state index < -0.39 is 5.97 Å². The second-order valence-electron chi connectivity index (χ2n) is 24.5. The molecule has 9 saturated carbocycles. The number of aliphatic carboxylic acids is 1. The minimum Gasteiger partial charge on any atom is -0.481 e. The number of nitrogens with one attached hydrogen (secondary N) is 1. The summed E-state index contributed by atoms with van der Waals surface area (Å²) in [6, 6.07) is 8.48. The van der Waals surface area contributed by atoms with Crippen molar-refractivity contribution in [2.45, 2.75) is 182 Å². The molecular formula is C54H82N2O3. The number of carboxylic acids is 1. The van der Waals surface area contributed by atoms with Gasteiger partial charge < -0.3 is 15.2 Å². The first-order valence-electron chi connectivity index (χ1n) is 25.6. The molecule has 9 aliphatic carbocycles. The highest BCUT2D eigenvalue weighted by Crippen LogP contribution is 2.76. The summed E-state index contributed by atoms with van der Waals surface area (Å²) >= 11 is 0. The van der Waals surface area contributed by atoms with Crippen molar-refractivity contribution in [1.82, 2.24) is 9.97 Å². The third-order valence-electron chi connectivity index (χ3n) is 22.5. The normalized spacial score (nSPS) is 48.8. The fourth-order valence-corrected chi connectivity index (χ4v) is 19.5. The molecule has 2 aromatic rings. The summed E-state index contributed by atoms with van der Waals surface area (Å²) in [4.78, 5) is 19.5. The number of para-hydroxylation sites is 2. The summed E-state index contributed by atoms with van der Waals surface area (Å²) < 4.78 is 0. The number of fused-ring (bicyclic) bond motifs is 13. The third kappa shape index (κ3) is 6.66. The highest BCUT2D eigenvalue weighted by molar-refractivity contribution is 5.74. The highest BCUT2D eigenvalue weighted by atomic mass is 16.4. The van der Waals surface area contributed by atoms with E-state index in [2.05, 4.69) is 70.8 Å². The van der Waals surface area contributed by atoms with E-state index in [4.69, 9.17) is 10.1 Å². The van der Waals surface area contributed by atoms with Crippen LogP contribution in [0.2, 0.25) is 0 Å². The van der Waals surface area contributed by atoms with Gasteiger partial charge in [0.25, 0.3) is 0 Å². The van der Waals surface area contributed by atoms with Crippen LogP contribution in [-0.4, -0.2) is 32.3 Å². The van der Waals surface area contributed by atoms with Crippen molar-refractivity contribution in [3.8, 4) is 0 Å². The molecule has 0 saturated heterocycles. The second kappa shape index (κ2) is 15.1. The number of H-pyrrole nitrogens is 1. The van der Waals surface area contributed by atoms with E-state index in [0.717, 1.165) is 108 Å². The molecule has 9 fully saturated rings. The van der Waals surface area contributed by atoms with Gasteiger partial charge in [-0.1, -0.05) is 53.7 Å². The number of aliphatic hydroxyl groups excluding tert-OH is 1. The first kappa shape index (κ1) is 41.1. The van der Waals surface area contributed by atoms with Crippen LogP contribution in [0.1, 0.15) is 176 Å². The Bertz CT molecular complexity index is 1820. The van der Waals surface area contributed by atoms with E-state index in [1.54, 1.807) is 32.1 Å². The zero-order valence-corrected chi connectivity index (χ0v) is 38.1. The largest absolute Gasteiger partial charge is 0.481 e. The van der Waals surface area contributed by atoms with E-state index in [1.807, 2.05) is 0 Å². The van der Waals surface area contributed by atoms with Gasteiger partial charge in [0.2, 0.25) is 0 Å². The van der Waals surface area contributed by atoms with Crippen LogP contribution in [0.4, 0.5) is 0 Å². The molecule has 19 atom stereocenters. The number of carboxylic acid groups (broad SMARTS) is 1. The number of aromatic nitrogens is 2. The molecule has 5 nitrogen and oxygen atoms in total. The number of carbonyl (C=O) groups is 1. The molecule has 59 heavy (non-hydrogen) atoms. The lowest BCUT2D eigenvalue weighted by atomic mass is 9.44. The van der Waals surface area contributed by atoms with Crippen molar-refractivity contribution < 1.29 is 15.0 Å². The van der Waals surface area contributed by atoms with Gasteiger partial charge in [0, 0.05) is 12.8 Å². The number of aliphatic hydroxyl groups is 1. The molecule has 0 spiro atoms. The number of aryl methyl sites for hydroxylation is 1. The zero-order chi connectivity index (χ0) is 41.1. The first-order valence-corrected chi connectivity index (χ1v) is 25.6. The Kier molecular flexibility index (Phi) is 10.6. The molecule has 5 heteroatoms. The number of imidazole rings is 1. The monoisotopic (exact) mass is 807 g/mol. The lowest BCUT2D eigenvalue weighted by Crippen LogP contribution is -2.54. The Morgan fingerprint density at radius 3 is 2.00 bits per heavy atom. The van der Waals surface area contributed by atoms with Gasteiger partial charge in [0.15, 0.2) is 0 Å². The van der Waals surface area contributed by atoms with Crippen molar-refractivity contribution in [2.24, 2.45) is 105 Å². The van der Waals surface area contributed by atoms with Gasteiger partial charge in [-0.25, -0.2) is 4.98 Å². The average Bonchev–Trinajstić information content (AvgIpc) is 3.45. The van der Waals surface area contributed by atoms with Crippen molar-refractivity contribution >= 4 is 17.0 Å². The standard InChI is InChI=1S/C30H42N2.C24H40O3/c1-18(8-13-28-31-26-6-4-5-7-27(26)32-28)22-11-12-23-21-10-9-20-16-19-17-25(19)30(20,3)24(21)14-15-29(22,23)2;1-15(4-9-22(26)27)19-7-8-20-18-6-5-16-14-17(25)10-12-23(16,2)21(18)11-13-24(19,20)3/h4-7,18-25H,8-17H2,1-3H3,(H,31,32);15-21,25H,4-14H2,1-3H3,(H,26,27). The van der Waals surface area contributed by atoms with E-state index in [0.29, 0.717) is 34.5 Å². The maximum absolute atomic E-state index is 11.0. The summed E-state index contributed by atoms with van der Waals surface area (Å²) in [5.74, 6) is 13.3. The fraction of sp³-hybridized carbons (Fsp3) is 0.852. The molecule has 19 unspecified atom stereocenters. The molecule has 1 aromatic carbocycles. The molecule has 0 bridgehead atoms. The Balaban J connectivity index is 0.000000145. The average molecular weight is 807 g/mol. The molecule has 326 valence electrons. The molecule has 3 N–H and O–H groups in total. The van der Waals surface area contributed by atoms with Gasteiger partial charge >= 0.3 is 5.97 Å². The van der Waals surface area contributed by atoms with Gasteiger partial charge in [-0.05, 0) is 239 Å². The van der Waals surface area contributed by atoms with Gasteiger partial charge in [-0.15, -0.1) is 0 Å². The zero-order valence-electron chi connectivity index (χ0n) is 38.1. The number of benzene rings is 1. The van der Waals surface area contributed by atoms with Crippen molar-refractivity contribution in [3.05, 3.63) is 30.1 Å². The van der Waals surface area contributed by atoms with Crippen LogP contribution in [0, 0.1) is 105 Å². The van der Waals surface area contributed by atoms with E-state index in [9.17, 15) is 9.90 Å². The van der Waals surface area contributed by atoms with Crippen LogP contribution < -0.4 is 0 Å². The number of aromatic amines is 1. The maximum atomic E-state index is 11.0. The molecule has 0 radical (unpaired) electrons. The van der Waals surface area contributed by atoms with Crippen LogP contribution >= 0.6 is 0 Å². The number of hydrogen-bond donors (Lipinski definition) is 3. The maximum Gasteiger partial charge on any atom is 0.303 e. The molecule has 9 aliphatic rings. The lowest BCUT2D eigenvalue weighted by molar-refractivity contribution is -0.138. The van der Waals surface area contributed by atoms with Crippen LogP contribution in [0.25, 0.3) is 11.0 Å². The topological polar surface area (TPSA) is 86.2 Å². The SMILES string of the molecule is CC(CCC(=O)O)C1CCC2C3CCC4CC(O)CCC4(C)C3CCC12C.CC(CCc1nc2ccccc2[nH]1)C1CCC2C3CCC4CC5CC5C4(C)C3CCC12C. The number of nitrogens with zero attached hydrogens (tertiary/aromatic N) is 1. The van der Waals surface area contributed by atoms with E-state index >= 15 is 0 Å². The Morgan fingerprint density at radius 1 is 0.695 bits per heavy atom. The Labute approximate surface area is 357 Å². The Morgan fingerprint density at radius 2 is 1.31 bits per heavy atom. The summed E-state index contributed by atoms with van der Waals surface area (Å²) in [6.45, 7) is 15.5. The molecule has 0 amide bonds. The van der Waals surface area contributed by atoms with Crippen LogP contribution in [0.15, 0.2) is 24.3 Å². The summed E-state index contributed by atoms with van der Waals surface area (Å²) in [6.07, 6.45) is 27.2.